The van der Waals surface area contributed by atoms with E-state index in [-0.39, 0.29) is 5.97 Å². The molecule has 2 saturated carbocycles. The summed E-state index contributed by atoms with van der Waals surface area (Å²) in [6.45, 7) is 5.54. The van der Waals surface area contributed by atoms with Crippen LogP contribution in [0.5, 0.6) is 11.5 Å². The first-order valence-corrected chi connectivity index (χ1v) is 8.60. The number of allylic oxidation sites excluding steroid dienone is 2. The minimum absolute atomic E-state index is 0.226. The summed E-state index contributed by atoms with van der Waals surface area (Å²) >= 11 is 0. The van der Waals surface area contributed by atoms with E-state index in [4.69, 9.17) is 14.2 Å². The zero-order valence-corrected chi connectivity index (χ0v) is 14.9. The summed E-state index contributed by atoms with van der Waals surface area (Å²) in [6.07, 6.45) is 1.16. The third-order valence-electron chi connectivity index (χ3n) is 6.01. The molecule has 0 amide bonds. The van der Waals surface area contributed by atoms with Crippen molar-refractivity contribution < 1.29 is 19.0 Å². The third-order valence-corrected chi connectivity index (χ3v) is 6.01. The van der Waals surface area contributed by atoms with Gasteiger partial charge in [0.15, 0.2) is 0 Å². The molecule has 0 heterocycles. The maximum absolute atomic E-state index is 11.5. The first kappa shape index (κ1) is 15.6. The zero-order valence-electron chi connectivity index (χ0n) is 14.9. The van der Waals surface area contributed by atoms with Crippen LogP contribution in [0.1, 0.15) is 50.2 Å². The maximum Gasteiger partial charge on any atom is 0.307 e. The topological polar surface area (TPSA) is 44.8 Å². The Bertz CT molecular complexity index is 701. The van der Waals surface area contributed by atoms with E-state index in [0.717, 1.165) is 29.3 Å². The second kappa shape index (κ2) is 5.27. The predicted octanol–water partition coefficient (Wildman–Crippen LogP) is 4.01. The number of ether oxygens (including phenoxy) is 3. The van der Waals surface area contributed by atoms with Gasteiger partial charge in [-0.2, -0.15) is 0 Å². The van der Waals surface area contributed by atoms with E-state index in [1.165, 1.54) is 18.1 Å². The van der Waals surface area contributed by atoms with Gasteiger partial charge < -0.3 is 14.2 Å². The zero-order chi connectivity index (χ0) is 17.2. The number of methoxy groups -OCH3 is 2. The molecule has 3 aliphatic carbocycles. The molecule has 128 valence electrons. The van der Waals surface area contributed by atoms with Crippen LogP contribution in [0.25, 0.3) is 0 Å². The normalized spacial score (nSPS) is 31.1. The highest BCUT2D eigenvalue weighted by atomic mass is 16.5. The van der Waals surface area contributed by atoms with Crippen LogP contribution >= 0.6 is 0 Å². The van der Waals surface area contributed by atoms with Gasteiger partial charge in [0.1, 0.15) is 17.3 Å². The largest absolute Gasteiger partial charge is 0.496 e. The summed E-state index contributed by atoms with van der Waals surface area (Å²) in [5, 5.41) is 0. The highest BCUT2D eigenvalue weighted by Crippen LogP contribution is 2.77. The van der Waals surface area contributed by atoms with E-state index >= 15 is 0 Å². The van der Waals surface area contributed by atoms with E-state index in [1.54, 1.807) is 14.2 Å². The lowest BCUT2D eigenvalue weighted by molar-refractivity contribution is -0.137. The molecule has 3 aliphatic rings. The number of carbonyl (C=O) groups excluding carboxylic acids is 1. The van der Waals surface area contributed by atoms with Gasteiger partial charge in [0, 0.05) is 24.0 Å². The van der Waals surface area contributed by atoms with Crippen LogP contribution in [-0.4, -0.2) is 20.2 Å². The predicted molar refractivity (Wildman–Crippen MR) is 90.3 cm³/mol. The summed E-state index contributed by atoms with van der Waals surface area (Å²) in [4.78, 5) is 11.5. The monoisotopic (exact) mass is 328 g/mol. The fourth-order valence-electron chi connectivity index (χ4n) is 5.33. The number of carbonyl (C=O) groups is 1. The molecule has 4 heteroatoms. The van der Waals surface area contributed by atoms with Crippen LogP contribution in [0.3, 0.4) is 0 Å². The van der Waals surface area contributed by atoms with Crippen molar-refractivity contribution in [3.8, 4) is 11.5 Å². The standard InChI is InChI=1S/C20H24O4/c1-9(2)20(24-10(3)21)19-17-11-8-12(18(17)19)16-14(23-5)7-6-13(22-4)15(11)16/h6-7,11-12,17-19H,8H2,1-5H3/t11-,12+,17-,18+,19?. The highest BCUT2D eigenvalue weighted by Gasteiger charge is 2.69. The molecule has 0 N–H and O–H groups in total. The van der Waals surface area contributed by atoms with Crippen molar-refractivity contribution >= 4 is 5.97 Å². The maximum atomic E-state index is 11.5. The molecule has 4 nitrogen and oxygen atoms in total. The van der Waals surface area contributed by atoms with Crippen LogP contribution in [0, 0.1) is 17.8 Å². The van der Waals surface area contributed by atoms with Crippen molar-refractivity contribution in [2.75, 3.05) is 14.2 Å². The van der Waals surface area contributed by atoms with Crippen molar-refractivity contribution in [2.24, 2.45) is 17.8 Å². The van der Waals surface area contributed by atoms with Crippen molar-refractivity contribution in [1.82, 2.24) is 0 Å². The van der Waals surface area contributed by atoms with Gasteiger partial charge in [-0.1, -0.05) is 0 Å². The van der Waals surface area contributed by atoms with Gasteiger partial charge in [-0.15, -0.1) is 0 Å². The Balaban J connectivity index is 1.73. The SMILES string of the molecule is COc1ccc(OC)c2c1[C@H]1C[C@@H]2[C@@H]2C(C(OC(C)=O)=C(C)C)[C@@H]21. The third kappa shape index (κ3) is 1.95. The molecule has 24 heavy (non-hydrogen) atoms. The second-order valence-corrected chi connectivity index (χ2v) is 7.38. The number of hydrogen-bond donors (Lipinski definition) is 0. The van der Waals surface area contributed by atoms with E-state index < -0.39 is 0 Å². The first-order valence-electron chi connectivity index (χ1n) is 8.60. The highest BCUT2D eigenvalue weighted by molar-refractivity contribution is 5.68. The molecule has 4 rings (SSSR count). The van der Waals surface area contributed by atoms with Crippen LogP contribution in [0.2, 0.25) is 0 Å². The average Bonchev–Trinajstić information content (AvgIpc) is 3.00. The number of hydrogen-bond acceptors (Lipinski definition) is 4. The minimum atomic E-state index is -0.226. The number of benzene rings is 1. The van der Waals surface area contributed by atoms with Crippen molar-refractivity contribution in [3.63, 3.8) is 0 Å². The summed E-state index contributed by atoms with van der Waals surface area (Å²) in [6, 6.07) is 4.03. The average molecular weight is 328 g/mol. The fraction of sp³-hybridized carbons (Fsp3) is 0.550. The summed E-state index contributed by atoms with van der Waals surface area (Å²) in [5.74, 6) is 5.03. The molecule has 0 saturated heterocycles. The Kier molecular flexibility index (Phi) is 3.41. The molecular weight excluding hydrogens is 304 g/mol. The first-order chi connectivity index (χ1) is 11.5. The lowest BCUT2D eigenvalue weighted by Crippen LogP contribution is -2.08. The second-order valence-electron chi connectivity index (χ2n) is 7.38. The summed E-state index contributed by atoms with van der Waals surface area (Å²) in [5.41, 5.74) is 3.75. The molecule has 0 radical (unpaired) electrons. The van der Waals surface area contributed by atoms with Crippen LogP contribution in [0.4, 0.5) is 0 Å². The van der Waals surface area contributed by atoms with Gasteiger partial charge in [0.2, 0.25) is 0 Å². The molecule has 1 unspecified atom stereocenters. The Hall–Kier alpha value is -1.97. The Labute approximate surface area is 142 Å². The van der Waals surface area contributed by atoms with Crippen molar-refractivity contribution in [2.45, 2.75) is 39.0 Å². The minimum Gasteiger partial charge on any atom is -0.496 e. The molecule has 0 aromatic heterocycles. The van der Waals surface area contributed by atoms with Crippen LogP contribution in [0.15, 0.2) is 23.5 Å². The summed E-state index contributed by atoms with van der Waals surface area (Å²) in [7, 11) is 3.46. The molecular formula is C20H24O4. The van der Waals surface area contributed by atoms with Gasteiger partial charge in [-0.05, 0) is 61.6 Å². The fourth-order valence-corrected chi connectivity index (χ4v) is 5.33. The lowest BCUT2D eigenvalue weighted by atomic mass is 9.90. The van der Waals surface area contributed by atoms with Gasteiger partial charge in [0.25, 0.3) is 0 Å². The van der Waals surface area contributed by atoms with Crippen LogP contribution in [-0.2, 0) is 9.53 Å². The van der Waals surface area contributed by atoms with E-state index in [2.05, 4.69) is 0 Å². The van der Waals surface area contributed by atoms with Gasteiger partial charge in [-0.25, -0.2) is 0 Å². The molecule has 1 aromatic rings. The van der Waals surface area contributed by atoms with Gasteiger partial charge >= 0.3 is 5.97 Å². The molecule has 5 atom stereocenters. The Morgan fingerprint density at radius 3 is 1.83 bits per heavy atom. The molecule has 2 bridgehead atoms. The lowest BCUT2D eigenvalue weighted by Gasteiger charge is -2.20. The number of fused-ring (bicyclic) bond motifs is 8. The van der Waals surface area contributed by atoms with Crippen molar-refractivity contribution in [3.05, 3.63) is 34.6 Å². The smallest absolute Gasteiger partial charge is 0.307 e. The molecule has 1 aromatic carbocycles. The summed E-state index contributed by atoms with van der Waals surface area (Å²) < 4.78 is 16.8. The Morgan fingerprint density at radius 1 is 0.958 bits per heavy atom. The van der Waals surface area contributed by atoms with E-state index in [1.807, 2.05) is 26.0 Å². The van der Waals surface area contributed by atoms with Crippen molar-refractivity contribution in [1.29, 1.82) is 0 Å². The Morgan fingerprint density at radius 2 is 1.46 bits per heavy atom. The van der Waals surface area contributed by atoms with Gasteiger partial charge in [0.05, 0.1) is 14.2 Å². The van der Waals surface area contributed by atoms with Gasteiger partial charge in [-0.3, -0.25) is 4.79 Å². The number of rotatable bonds is 4. The molecule has 0 aliphatic heterocycles. The van der Waals surface area contributed by atoms with E-state index in [9.17, 15) is 4.79 Å². The quantitative estimate of drug-likeness (QED) is 0.619. The molecule has 2 fully saturated rings. The van der Waals surface area contributed by atoms with Crippen LogP contribution < -0.4 is 9.47 Å². The number of esters is 1. The molecule has 0 spiro atoms. The van der Waals surface area contributed by atoms with E-state index in [0.29, 0.717) is 29.6 Å².